The molecule has 1 atom stereocenters. The summed E-state index contributed by atoms with van der Waals surface area (Å²) >= 11 is 0. The van der Waals surface area contributed by atoms with Crippen LogP contribution in [0.5, 0.6) is 0 Å². The van der Waals surface area contributed by atoms with Crippen LogP contribution in [0.3, 0.4) is 0 Å². The number of rotatable bonds is 4. The fraction of sp³-hybridized carbons (Fsp3) is 0.765. The zero-order valence-corrected chi connectivity index (χ0v) is 14.4. The van der Waals surface area contributed by atoms with Gasteiger partial charge in [0.15, 0.2) is 0 Å². The zero-order valence-electron chi connectivity index (χ0n) is 14.4. The fourth-order valence-corrected chi connectivity index (χ4v) is 4.35. The molecule has 0 aliphatic carbocycles. The molecule has 3 rings (SSSR count). The van der Waals surface area contributed by atoms with Gasteiger partial charge in [0, 0.05) is 30.9 Å². The van der Waals surface area contributed by atoms with E-state index in [4.69, 9.17) is 0 Å². The molecule has 2 fully saturated rings. The third-order valence-electron chi connectivity index (χ3n) is 5.75. The van der Waals surface area contributed by atoms with E-state index in [9.17, 15) is 9.90 Å². The lowest BCUT2D eigenvalue weighted by atomic mass is 9.77. The maximum atomic E-state index is 11.8. The first kappa shape index (κ1) is 16.5. The van der Waals surface area contributed by atoms with E-state index in [2.05, 4.69) is 29.2 Å². The SMILES string of the molecule is CCn1nc(C)c(CN2CC3(CCNCC3)CC2C(=O)O)c1C. The predicted molar refractivity (Wildman–Crippen MR) is 88.4 cm³/mol. The normalized spacial score (nSPS) is 24.4. The van der Waals surface area contributed by atoms with Gasteiger partial charge in [0.05, 0.1) is 5.69 Å². The van der Waals surface area contributed by atoms with Crippen LogP contribution < -0.4 is 5.32 Å². The van der Waals surface area contributed by atoms with Gasteiger partial charge in [0.2, 0.25) is 0 Å². The van der Waals surface area contributed by atoms with Crippen molar-refractivity contribution in [3.63, 3.8) is 0 Å². The molecule has 0 bridgehead atoms. The first-order chi connectivity index (χ1) is 11.0. The van der Waals surface area contributed by atoms with E-state index in [1.807, 2.05) is 11.6 Å². The molecule has 3 heterocycles. The van der Waals surface area contributed by atoms with Crippen LogP contribution in [0, 0.1) is 19.3 Å². The van der Waals surface area contributed by atoms with Gasteiger partial charge in [-0.1, -0.05) is 0 Å². The smallest absolute Gasteiger partial charge is 0.320 e. The summed E-state index contributed by atoms with van der Waals surface area (Å²) in [6.07, 6.45) is 2.95. The first-order valence-electron chi connectivity index (χ1n) is 8.66. The van der Waals surface area contributed by atoms with Gasteiger partial charge in [-0.3, -0.25) is 14.4 Å². The van der Waals surface area contributed by atoms with Crippen molar-refractivity contribution in [3.8, 4) is 0 Å². The van der Waals surface area contributed by atoms with Gasteiger partial charge in [-0.15, -0.1) is 0 Å². The number of aryl methyl sites for hydroxylation is 2. The molecule has 1 aromatic heterocycles. The lowest BCUT2D eigenvalue weighted by Crippen LogP contribution is -2.38. The summed E-state index contributed by atoms with van der Waals surface area (Å²) in [4.78, 5) is 14.0. The van der Waals surface area contributed by atoms with Gasteiger partial charge < -0.3 is 10.4 Å². The van der Waals surface area contributed by atoms with Crippen molar-refractivity contribution < 1.29 is 9.90 Å². The summed E-state index contributed by atoms with van der Waals surface area (Å²) in [7, 11) is 0. The largest absolute Gasteiger partial charge is 0.480 e. The van der Waals surface area contributed by atoms with E-state index in [1.165, 1.54) is 11.3 Å². The van der Waals surface area contributed by atoms with Crippen molar-refractivity contribution in [2.24, 2.45) is 5.41 Å². The number of aromatic nitrogens is 2. The van der Waals surface area contributed by atoms with E-state index in [0.717, 1.165) is 51.1 Å². The van der Waals surface area contributed by atoms with E-state index in [0.29, 0.717) is 6.54 Å². The molecule has 2 aliphatic rings. The molecule has 6 heteroatoms. The average Bonchev–Trinajstić information content (AvgIpc) is 3.00. The van der Waals surface area contributed by atoms with Crippen LogP contribution in [-0.4, -0.2) is 51.4 Å². The number of piperidine rings is 1. The van der Waals surface area contributed by atoms with Crippen molar-refractivity contribution in [3.05, 3.63) is 17.0 Å². The Morgan fingerprint density at radius 1 is 1.39 bits per heavy atom. The minimum atomic E-state index is -0.682. The molecular weight excluding hydrogens is 292 g/mol. The van der Waals surface area contributed by atoms with Crippen LogP contribution in [0.25, 0.3) is 0 Å². The second-order valence-corrected chi connectivity index (χ2v) is 7.18. The second-order valence-electron chi connectivity index (χ2n) is 7.18. The molecule has 2 N–H and O–H groups in total. The molecule has 2 saturated heterocycles. The van der Waals surface area contributed by atoms with Gasteiger partial charge in [-0.05, 0) is 58.5 Å². The summed E-state index contributed by atoms with van der Waals surface area (Å²) in [5.41, 5.74) is 3.57. The molecule has 128 valence electrons. The third kappa shape index (κ3) is 3.02. The molecule has 0 aromatic carbocycles. The van der Waals surface area contributed by atoms with Crippen LogP contribution in [0.4, 0.5) is 0 Å². The molecule has 1 spiro atoms. The molecule has 2 aliphatic heterocycles. The number of aliphatic carboxylic acids is 1. The Kier molecular flexibility index (Phi) is 4.47. The third-order valence-corrected chi connectivity index (χ3v) is 5.75. The highest BCUT2D eigenvalue weighted by Crippen LogP contribution is 2.42. The summed E-state index contributed by atoms with van der Waals surface area (Å²) in [6, 6.07) is -0.364. The van der Waals surface area contributed by atoms with Crippen molar-refractivity contribution in [2.75, 3.05) is 19.6 Å². The Hall–Kier alpha value is -1.40. The number of nitrogens with zero attached hydrogens (tertiary/aromatic N) is 3. The van der Waals surface area contributed by atoms with E-state index >= 15 is 0 Å². The number of nitrogens with one attached hydrogen (secondary N) is 1. The maximum absolute atomic E-state index is 11.8. The molecule has 6 nitrogen and oxygen atoms in total. The van der Waals surface area contributed by atoms with Gasteiger partial charge in [0.25, 0.3) is 0 Å². The maximum Gasteiger partial charge on any atom is 0.320 e. The minimum absolute atomic E-state index is 0.177. The van der Waals surface area contributed by atoms with Gasteiger partial charge in [-0.2, -0.15) is 5.10 Å². The quantitative estimate of drug-likeness (QED) is 0.881. The Labute approximate surface area is 137 Å². The van der Waals surface area contributed by atoms with Crippen LogP contribution in [0.15, 0.2) is 0 Å². The standard InChI is InChI=1S/C17H28N4O2/c1-4-21-13(3)14(12(2)19-21)10-20-11-17(5-7-18-8-6-17)9-15(20)16(22)23/h15,18H,4-11H2,1-3H3,(H,22,23). The topological polar surface area (TPSA) is 70.4 Å². The molecule has 0 saturated carbocycles. The molecule has 1 aromatic rings. The number of carboxylic acids is 1. The first-order valence-corrected chi connectivity index (χ1v) is 8.66. The summed E-state index contributed by atoms with van der Waals surface area (Å²) in [6.45, 7) is 10.7. The highest BCUT2D eigenvalue weighted by atomic mass is 16.4. The Morgan fingerprint density at radius 2 is 2.09 bits per heavy atom. The van der Waals surface area contributed by atoms with Gasteiger partial charge in [0.1, 0.15) is 6.04 Å². The number of carbonyl (C=O) groups is 1. The highest BCUT2D eigenvalue weighted by molar-refractivity contribution is 5.74. The van der Waals surface area contributed by atoms with Gasteiger partial charge >= 0.3 is 5.97 Å². The van der Waals surface area contributed by atoms with Crippen molar-refractivity contribution in [1.82, 2.24) is 20.0 Å². The van der Waals surface area contributed by atoms with Crippen molar-refractivity contribution in [1.29, 1.82) is 0 Å². The van der Waals surface area contributed by atoms with Crippen molar-refractivity contribution >= 4 is 5.97 Å². The summed E-state index contributed by atoms with van der Waals surface area (Å²) in [5.74, 6) is -0.682. The summed E-state index contributed by atoms with van der Waals surface area (Å²) < 4.78 is 2.01. The Balaban J connectivity index is 1.83. The lowest BCUT2D eigenvalue weighted by molar-refractivity contribution is -0.142. The van der Waals surface area contributed by atoms with E-state index in [-0.39, 0.29) is 11.5 Å². The van der Waals surface area contributed by atoms with Crippen LogP contribution in [0.2, 0.25) is 0 Å². The van der Waals surface area contributed by atoms with Crippen LogP contribution in [0.1, 0.15) is 43.1 Å². The Morgan fingerprint density at radius 3 is 2.65 bits per heavy atom. The molecular formula is C17H28N4O2. The van der Waals surface area contributed by atoms with Crippen molar-refractivity contribution in [2.45, 2.75) is 59.2 Å². The van der Waals surface area contributed by atoms with Gasteiger partial charge in [-0.25, -0.2) is 0 Å². The van der Waals surface area contributed by atoms with E-state index < -0.39 is 5.97 Å². The zero-order chi connectivity index (χ0) is 16.6. The monoisotopic (exact) mass is 320 g/mol. The molecule has 23 heavy (non-hydrogen) atoms. The number of likely N-dealkylation sites (tertiary alicyclic amines) is 1. The molecule has 1 unspecified atom stereocenters. The number of carboxylic acid groups (broad SMARTS) is 1. The fourth-order valence-electron chi connectivity index (χ4n) is 4.35. The second kappa shape index (κ2) is 6.24. The van der Waals surface area contributed by atoms with Crippen LogP contribution >= 0.6 is 0 Å². The summed E-state index contributed by atoms with van der Waals surface area (Å²) in [5, 5.41) is 17.7. The van der Waals surface area contributed by atoms with E-state index in [1.54, 1.807) is 0 Å². The molecule has 0 amide bonds. The minimum Gasteiger partial charge on any atom is -0.480 e. The lowest BCUT2D eigenvalue weighted by Gasteiger charge is -2.33. The predicted octanol–water partition coefficient (Wildman–Crippen LogP) is 1.55. The number of hydrogen-bond acceptors (Lipinski definition) is 4. The molecule has 0 radical (unpaired) electrons. The van der Waals surface area contributed by atoms with Crippen LogP contribution in [-0.2, 0) is 17.9 Å². The Bertz CT molecular complexity index is 590. The number of hydrogen-bond donors (Lipinski definition) is 2. The highest BCUT2D eigenvalue weighted by Gasteiger charge is 2.47. The average molecular weight is 320 g/mol.